The first-order valence-corrected chi connectivity index (χ1v) is 8.85. The van der Waals surface area contributed by atoms with Crippen LogP contribution in [0.4, 0.5) is 0 Å². The molecule has 3 rings (SSSR count). The maximum atomic E-state index is 11.3. The average Bonchev–Trinajstić information content (AvgIpc) is 2.47. The summed E-state index contributed by atoms with van der Waals surface area (Å²) >= 11 is 12.5. The molecule has 2 aromatic carbocycles. The van der Waals surface area contributed by atoms with Crippen molar-refractivity contribution in [1.29, 1.82) is 0 Å². The number of nitrogens with two attached hydrogens (primary N) is 1. The zero-order valence-corrected chi connectivity index (χ0v) is 14.4. The van der Waals surface area contributed by atoms with Crippen LogP contribution in [0.15, 0.2) is 41.3 Å². The highest BCUT2D eigenvalue weighted by molar-refractivity contribution is 7.82. The SMILES string of the molecule is CN1Cc2c(Cl)cc(Cl)cc2C(c2ccc(S(N)=O)cc2)C1. The summed E-state index contributed by atoms with van der Waals surface area (Å²) in [5.74, 6) is 0.185. The fraction of sp³-hybridized carbons (Fsp3) is 0.250. The smallest absolute Gasteiger partial charge is 0.122 e. The Morgan fingerprint density at radius 2 is 1.91 bits per heavy atom. The highest BCUT2D eigenvalue weighted by Crippen LogP contribution is 2.38. The number of benzene rings is 2. The van der Waals surface area contributed by atoms with Crippen molar-refractivity contribution in [3.8, 4) is 0 Å². The lowest BCUT2D eigenvalue weighted by molar-refractivity contribution is 0.295. The molecule has 0 aromatic heterocycles. The van der Waals surface area contributed by atoms with Gasteiger partial charge in [0, 0.05) is 29.1 Å². The highest BCUT2D eigenvalue weighted by atomic mass is 35.5. The zero-order chi connectivity index (χ0) is 15.9. The van der Waals surface area contributed by atoms with Crippen LogP contribution < -0.4 is 5.14 Å². The summed E-state index contributed by atoms with van der Waals surface area (Å²) < 4.78 is 11.3. The number of fused-ring (bicyclic) bond motifs is 1. The fourth-order valence-corrected chi connectivity index (χ4v) is 3.94. The van der Waals surface area contributed by atoms with E-state index in [9.17, 15) is 4.21 Å². The molecule has 1 heterocycles. The van der Waals surface area contributed by atoms with E-state index in [4.69, 9.17) is 28.3 Å². The number of halogens is 2. The Labute approximate surface area is 142 Å². The Morgan fingerprint density at radius 1 is 1.23 bits per heavy atom. The van der Waals surface area contributed by atoms with Gasteiger partial charge in [-0.2, -0.15) is 0 Å². The van der Waals surface area contributed by atoms with E-state index in [2.05, 4.69) is 11.9 Å². The molecule has 6 heteroatoms. The Hall–Kier alpha value is -0.910. The molecule has 0 amide bonds. The Morgan fingerprint density at radius 3 is 2.55 bits per heavy atom. The number of hydrogen-bond donors (Lipinski definition) is 1. The third-order valence-electron chi connectivity index (χ3n) is 4.01. The van der Waals surface area contributed by atoms with E-state index in [1.54, 1.807) is 6.07 Å². The fourth-order valence-electron chi connectivity index (χ4n) is 2.96. The van der Waals surface area contributed by atoms with Crippen molar-refractivity contribution in [3.63, 3.8) is 0 Å². The minimum Gasteiger partial charge on any atom is -0.301 e. The molecule has 0 saturated carbocycles. The topological polar surface area (TPSA) is 46.3 Å². The predicted octanol–water partition coefficient (Wildman–Crippen LogP) is 3.55. The lowest BCUT2D eigenvalue weighted by Gasteiger charge is -2.33. The van der Waals surface area contributed by atoms with Crippen LogP contribution in [0.5, 0.6) is 0 Å². The maximum Gasteiger partial charge on any atom is 0.122 e. The minimum absolute atomic E-state index is 0.185. The van der Waals surface area contributed by atoms with Crippen LogP contribution in [0.3, 0.4) is 0 Å². The summed E-state index contributed by atoms with van der Waals surface area (Å²) in [6.45, 7) is 1.70. The van der Waals surface area contributed by atoms with E-state index in [-0.39, 0.29) is 5.92 Å². The molecule has 1 aliphatic heterocycles. The van der Waals surface area contributed by atoms with Crippen molar-refractivity contribution in [1.82, 2.24) is 4.90 Å². The summed E-state index contributed by atoms with van der Waals surface area (Å²) in [6, 6.07) is 11.4. The van der Waals surface area contributed by atoms with Crippen molar-refractivity contribution in [2.24, 2.45) is 5.14 Å². The van der Waals surface area contributed by atoms with Gasteiger partial charge in [-0.1, -0.05) is 35.3 Å². The van der Waals surface area contributed by atoms with Gasteiger partial charge in [0.05, 0.1) is 4.90 Å². The molecule has 0 fully saturated rings. The van der Waals surface area contributed by atoms with E-state index in [1.165, 1.54) is 0 Å². The molecule has 0 radical (unpaired) electrons. The van der Waals surface area contributed by atoms with Crippen LogP contribution in [0.25, 0.3) is 0 Å². The van der Waals surface area contributed by atoms with Gasteiger partial charge in [-0.05, 0) is 48.0 Å². The summed E-state index contributed by atoms with van der Waals surface area (Å²) in [5.41, 5.74) is 3.42. The van der Waals surface area contributed by atoms with Crippen molar-refractivity contribution >= 4 is 34.2 Å². The molecule has 0 bridgehead atoms. The van der Waals surface area contributed by atoms with E-state index in [1.807, 2.05) is 30.3 Å². The second kappa shape index (κ2) is 6.30. The van der Waals surface area contributed by atoms with Crippen molar-refractivity contribution in [3.05, 3.63) is 63.1 Å². The minimum atomic E-state index is -1.45. The molecule has 22 heavy (non-hydrogen) atoms. The van der Waals surface area contributed by atoms with Gasteiger partial charge in [0.25, 0.3) is 0 Å². The summed E-state index contributed by atoms with van der Waals surface area (Å²) in [7, 11) is 0.619. The van der Waals surface area contributed by atoms with Crippen LogP contribution in [-0.4, -0.2) is 22.7 Å². The van der Waals surface area contributed by atoms with Gasteiger partial charge in [0.1, 0.15) is 11.0 Å². The van der Waals surface area contributed by atoms with E-state index in [0.29, 0.717) is 14.9 Å². The van der Waals surface area contributed by atoms with Crippen molar-refractivity contribution in [2.45, 2.75) is 17.4 Å². The number of nitrogens with zero attached hydrogens (tertiary/aromatic N) is 1. The maximum absolute atomic E-state index is 11.3. The first kappa shape index (κ1) is 16.0. The van der Waals surface area contributed by atoms with Crippen molar-refractivity contribution in [2.75, 3.05) is 13.6 Å². The average molecular weight is 355 g/mol. The van der Waals surface area contributed by atoms with Gasteiger partial charge in [0.2, 0.25) is 0 Å². The molecule has 2 N–H and O–H groups in total. The number of rotatable bonds is 2. The Bertz CT molecular complexity index is 734. The van der Waals surface area contributed by atoms with Gasteiger partial charge in [-0.25, -0.2) is 9.35 Å². The molecule has 2 atom stereocenters. The molecule has 116 valence electrons. The van der Waals surface area contributed by atoms with Gasteiger partial charge in [-0.15, -0.1) is 0 Å². The van der Waals surface area contributed by atoms with E-state index in [0.717, 1.165) is 29.8 Å². The molecule has 3 nitrogen and oxygen atoms in total. The zero-order valence-electron chi connectivity index (χ0n) is 12.1. The second-order valence-electron chi connectivity index (χ2n) is 5.57. The third kappa shape index (κ3) is 3.07. The largest absolute Gasteiger partial charge is 0.301 e. The van der Waals surface area contributed by atoms with Crippen LogP contribution in [0.2, 0.25) is 10.0 Å². The lowest BCUT2D eigenvalue weighted by atomic mass is 9.85. The summed E-state index contributed by atoms with van der Waals surface area (Å²) in [4.78, 5) is 2.86. The quantitative estimate of drug-likeness (QED) is 0.896. The Kier molecular flexibility index (Phi) is 4.57. The standard InChI is InChI=1S/C16H16Cl2N2OS/c1-20-8-14(10-2-4-12(5-3-10)22(19)21)13-6-11(17)7-16(18)15(13)9-20/h2-7,14H,8-9,19H2,1H3. The third-order valence-corrected chi connectivity index (χ3v) is 5.30. The molecule has 1 aliphatic rings. The highest BCUT2D eigenvalue weighted by Gasteiger charge is 2.27. The molecule has 0 spiro atoms. The first-order valence-electron chi connectivity index (χ1n) is 6.88. The molecule has 0 saturated heterocycles. The molecular formula is C16H16Cl2N2OS. The monoisotopic (exact) mass is 354 g/mol. The summed E-state index contributed by atoms with van der Waals surface area (Å²) in [5, 5.41) is 6.77. The molecule has 2 unspecified atom stereocenters. The van der Waals surface area contributed by atoms with Gasteiger partial charge in [0.15, 0.2) is 0 Å². The number of likely N-dealkylation sites (N-methyl/N-ethyl adjacent to an activating group) is 1. The van der Waals surface area contributed by atoms with Crippen LogP contribution in [-0.2, 0) is 17.5 Å². The summed E-state index contributed by atoms with van der Waals surface area (Å²) in [6.07, 6.45) is 0. The van der Waals surface area contributed by atoms with E-state index < -0.39 is 11.0 Å². The molecule has 0 aliphatic carbocycles. The predicted molar refractivity (Wildman–Crippen MR) is 91.7 cm³/mol. The normalized spacial score (nSPS) is 19.7. The van der Waals surface area contributed by atoms with Gasteiger partial charge in [-0.3, -0.25) is 0 Å². The first-order chi connectivity index (χ1) is 10.5. The van der Waals surface area contributed by atoms with Gasteiger partial charge >= 0.3 is 0 Å². The number of hydrogen-bond acceptors (Lipinski definition) is 2. The van der Waals surface area contributed by atoms with Crippen molar-refractivity contribution < 1.29 is 4.21 Å². The molecule has 2 aromatic rings. The van der Waals surface area contributed by atoms with Crippen LogP contribution in [0, 0.1) is 0 Å². The molecular weight excluding hydrogens is 339 g/mol. The Balaban J connectivity index is 2.06. The van der Waals surface area contributed by atoms with Crippen LogP contribution in [0.1, 0.15) is 22.6 Å². The van der Waals surface area contributed by atoms with E-state index >= 15 is 0 Å². The van der Waals surface area contributed by atoms with Gasteiger partial charge < -0.3 is 4.90 Å². The van der Waals surface area contributed by atoms with Crippen LogP contribution >= 0.6 is 23.2 Å². The lowest BCUT2D eigenvalue weighted by Crippen LogP contribution is -2.31. The second-order valence-corrected chi connectivity index (χ2v) is 7.48.